The summed E-state index contributed by atoms with van der Waals surface area (Å²) in [4.78, 5) is 0. The quantitative estimate of drug-likeness (QED) is 0.363. The lowest BCUT2D eigenvalue weighted by Gasteiger charge is -2.62. The molecule has 2 N–H and O–H groups in total. The highest BCUT2D eigenvalue weighted by atomic mass is 19.4. The molecule has 0 aliphatic heterocycles. The van der Waals surface area contributed by atoms with Crippen molar-refractivity contribution in [2.45, 2.75) is 96.2 Å². The van der Waals surface area contributed by atoms with Crippen LogP contribution in [0.5, 0.6) is 0 Å². The molecule has 4 aliphatic rings. The van der Waals surface area contributed by atoms with Crippen molar-refractivity contribution in [1.82, 2.24) is 0 Å². The van der Waals surface area contributed by atoms with Gasteiger partial charge in [0.15, 0.2) is 11.7 Å². The Morgan fingerprint density at radius 2 is 1.62 bits per heavy atom. The largest absolute Gasteiger partial charge is 0.417 e. The molecule has 0 aromatic heterocycles. The Morgan fingerprint density at radius 3 is 2.22 bits per heavy atom. The Balaban J connectivity index is 1.55. The molecule has 8 heteroatoms. The van der Waals surface area contributed by atoms with Crippen molar-refractivity contribution < 1.29 is 36.6 Å². The fourth-order valence-electron chi connectivity index (χ4n) is 8.26. The van der Waals surface area contributed by atoms with Gasteiger partial charge in [-0.1, -0.05) is 32.4 Å². The van der Waals surface area contributed by atoms with Gasteiger partial charge in [0.2, 0.25) is 0 Å². The molecule has 0 amide bonds. The van der Waals surface area contributed by atoms with Crippen molar-refractivity contribution in [3.05, 3.63) is 11.6 Å². The highest BCUT2D eigenvalue weighted by Gasteiger charge is 2.64. The van der Waals surface area contributed by atoms with Gasteiger partial charge in [-0.05, 0) is 85.9 Å². The molecular weight excluding hydrogens is 434 g/mol. The third-order valence-electron chi connectivity index (χ3n) is 10.2. The number of aliphatic hydroxyl groups excluding tert-OH is 1. The first kappa shape index (κ1) is 24.4. The molecule has 32 heavy (non-hydrogen) atoms. The van der Waals surface area contributed by atoms with Crippen LogP contribution in [0.25, 0.3) is 0 Å². The lowest BCUT2D eigenvalue weighted by Crippen LogP contribution is -2.59. The predicted molar refractivity (Wildman–Crippen MR) is 107 cm³/mol. The van der Waals surface area contributed by atoms with Crippen LogP contribution in [-0.2, 0) is 0 Å². The maximum atomic E-state index is 13.5. The van der Waals surface area contributed by atoms with Gasteiger partial charge in [0, 0.05) is 5.92 Å². The van der Waals surface area contributed by atoms with E-state index in [-0.39, 0.29) is 41.9 Å². The topological polar surface area (TPSA) is 40.5 Å². The van der Waals surface area contributed by atoms with Crippen molar-refractivity contribution in [2.24, 2.45) is 40.4 Å². The van der Waals surface area contributed by atoms with Gasteiger partial charge in [0.1, 0.15) is 0 Å². The minimum Gasteiger partial charge on any atom is -0.383 e. The fraction of sp³-hybridized carbons (Fsp3) is 0.917. The number of allylic oxidation sites excluding steroid dienone is 1. The van der Waals surface area contributed by atoms with Crippen LogP contribution in [-0.4, -0.2) is 34.3 Å². The normalized spacial score (nSPS) is 46.5. The number of hydrogen-bond donors (Lipinski definition) is 2. The minimum atomic E-state index is -4.67. The predicted octanol–water partition coefficient (Wildman–Crippen LogP) is 6.42. The third kappa shape index (κ3) is 3.45. The average Bonchev–Trinajstić information content (AvgIpc) is 3.03. The summed E-state index contributed by atoms with van der Waals surface area (Å²) in [5.74, 6) is -0.595. The van der Waals surface area contributed by atoms with E-state index in [1.165, 1.54) is 6.92 Å². The Labute approximate surface area is 185 Å². The van der Waals surface area contributed by atoms with Crippen LogP contribution in [0.3, 0.4) is 0 Å². The molecule has 0 aromatic carbocycles. The van der Waals surface area contributed by atoms with Gasteiger partial charge < -0.3 is 10.2 Å². The van der Waals surface area contributed by atoms with Crippen molar-refractivity contribution in [2.75, 3.05) is 0 Å². The molecule has 0 heterocycles. The number of aliphatic hydroxyl groups is 2. The zero-order chi connectivity index (χ0) is 23.9. The van der Waals surface area contributed by atoms with Crippen molar-refractivity contribution in [1.29, 1.82) is 0 Å². The van der Waals surface area contributed by atoms with Crippen LogP contribution in [0, 0.1) is 40.4 Å². The summed E-state index contributed by atoms with van der Waals surface area (Å²) in [6, 6.07) is 0. The molecule has 0 aromatic rings. The van der Waals surface area contributed by atoms with Crippen LogP contribution in [0.15, 0.2) is 11.6 Å². The molecule has 9 atom stereocenters. The lowest BCUT2D eigenvalue weighted by molar-refractivity contribution is -0.289. The van der Waals surface area contributed by atoms with E-state index >= 15 is 0 Å². The molecule has 2 nitrogen and oxygen atoms in total. The third-order valence-corrected chi connectivity index (χ3v) is 10.2. The van der Waals surface area contributed by atoms with E-state index < -0.39 is 35.4 Å². The summed E-state index contributed by atoms with van der Waals surface area (Å²) in [6.07, 6.45) is -6.55. The molecule has 0 radical (unpaired) electrons. The molecular formula is C24H34F6O2. The van der Waals surface area contributed by atoms with E-state index in [9.17, 15) is 36.6 Å². The Hall–Kier alpha value is -0.760. The molecule has 4 aliphatic carbocycles. The molecule has 1 unspecified atom stereocenters. The average molecular weight is 469 g/mol. The summed E-state index contributed by atoms with van der Waals surface area (Å²) in [5.41, 5.74) is -2.63. The first-order valence-corrected chi connectivity index (χ1v) is 11.8. The summed E-state index contributed by atoms with van der Waals surface area (Å²) < 4.78 is 80.0. The molecule has 3 fully saturated rings. The van der Waals surface area contributed by atoms with E-state index in [2.05, 4.69) is 6.92 Å². The molecule has 3 saturated carbocycles. The molecule has 0 spiro atoms. The standard InChI is InChI=1S/C24H34F6O2/c1-13(19(31)23(25,26)27)16-6-7-17-15-5-4-14-12-22(32,24(28,29)30)11-10-20(14,2)18(15)8-9-21(16,17)3/h6,13-15,17-19,31-32H,4-5,7-12H2,1-3H3/t13-,14?,15+,17-,18-,19-,20+,21+,22-/m0/s1. The first-order chi connectivity index (χ1) is 14.5. The summed E-state index contributed by atoms with van der Waals surface area (Å²) in [5, 5.41) is 20.2. The first-order valence-electron chi connectivity index (χ1n) is 11.8. The van der Waals surface area contributed by atoms with E-state index in [1.54, 1.807) is 0 Å². The monoisotopic (exact) mass is 468 g/mol. The maximum Gasteiger partial charge on any atom is 0.417 e. The van der Waals surface area contributed by atoms with Gasteiger partial charge in [0.05, 0.1) is 0 Å². The number of alkyl halides is 6. The van der Waals surface area contributed by atoms with E-state index in [0.29, 0.717) is 31.3 Å². The van der Waals surface area contributed by atoms with Gasteiger partial charge in [-0.15, -0.1) is 0 Å². The molecule has 0 saturated heterocycles. The Kier molecular flexibility index (Phi) is 5.61. The minimum absolute atomic E-state index is 0.153. The number of rotatable bonds is 2. The fourth-order valence-corrected chi connectivity index (χ4v) is 8.26. The van der Waals surface area contributed by atoms with Crippen molar-refractivity contribution >= 4 is 0 Å². The number of hydrogen-bond acceptors (Lipinski definition) is 2. The maximum absolute atomic E-state index is 13.5. The van der Waals surface area contributed by atoms with Gasteiger partial charge in [-0.3, -0.25) is 0 Å². The van der Waals surface area contributed by atoms with Crippen LogP contribution < -0.4 is 0 Å². The number of fused-ring (bicyclic) bond motifs is 5. The SMILES string of the molecule is C[C@@H](C1=CC[C@H]2[C@H]3CCC4C[C@](O)(C(F)(F)F)CC[C@@]4(C)[C@H]3CC[C@]12C)[C@H](O)C(F)(F)F. The summed E-state index contributed by atoms with van der Waals surface area (Å²) in [7, 11) is 0. The molecule has 184 valence electrons. The summed E-state index contributed by atoms with van der Waals surface area (Å²) in [6.45, 7) is 5.54. The number of halogens is 6. The van der Waals surface area contributed by atoms with Crippen molar-refractivity contribution in [3.63, 3.8) is 0 Å². The van der Waals surface area contributed by atoms with Crippen LogP contribution in [0.1, 0.15) is 72.1 Å². The van der Waals surface area contributed by atoms with E-state index in [0.717, 1.165) is 12.8 Å². The van der Waals surface area contributed by atoms with Crippen LogP contribution >= 0.6 is 0 Å². The van der Waals surface area contributed by atoms with E-state index in [4.69, 9.17) is 0 Å². The zero-order valence-electron chi connectivity index (χ0n) is 18.9. The highest BCUT2D eigenvalue weighted by Crippen LogP contribution is 2.68. The second-order valence-electron chi connectivity index (χ2n) is 11.5. The lowest BCUT2D eigenvalue weighted by atomic mass is 9.43. The Bertz CT molecular complexity index is 775. The summed E-state index contributed by atoms with van der Waals surface area (Å²) >= 11 is 0. The van der Waals surface area contributed by atoms with Crippen LogP contribution in [0.4, 0.5) is 26.3 Å². The highest BCUT2D eigenvalue weighted by molar-refractivity contribution is 5.28. The smallest absolute Gasteiger partial charge is 0.383 e. The van der Waals surface area contributed by atoms with Gasteiger partial charge in [-0.2, -0.15) is 26.3 Å². The van der Waals surface area contributed by atoms with Crippen LogP contribution in [0.2, 0.25) is 0 Å². The van der Waals surface area contributed by atoms with Gasteiger partial charge in [-0.25, -0.2) is 0 Å². The van der Waals surface area contributed by atoms with E-state index in [1.807, 2.05) is 13.0 Å². The molecule has 0 bridgehead atoms. The zero-order valence-corrected chi connectivity index (χ0v) is 18.9. The van der Waals surface area contributed by atoms with Gasteiger partial charge in [0.25, 0.3) is 0 Å². The Morgan fingerprint density at radius 1 is 0.969 bits per heavy atom. The second kappa shape index (κ2) is 7.37. The van der Waals surface area contributed by atoms with Crippen molar-refractivity contribution in [3.8, 4) is 0 Å². The second-order valence-corrected chi connectivity index (χ2v) is 11.5. The van der Waals surface area contributed by atoms with Gasteiger partial charge >= 0.3 is 12.4 Å². The molecule has 4 rings (SSSR count).